The highest BCUT2D eigenvalue weighted by atomic mass is 35.5. The maximum atomic E-state index is 12.6. The van der Waals surface area contributed by atoms with Crippen molar-refractivity contribution in [2.24, 2.45) is 0 Å². The summed E-state index contributed by atoms with van der Waals surface area (Å²) in [6, 6.07) is 11.4. The molecule has 0 saturated heterocycles. The number of rotatable bonds is 6. The molecule has 0 aliphatic heterocycles. The molecule has 0 atom stereocenters. The zero-order valence-corrected chi connectivity index (χ0v) is 17.2. The average molecular weight is 446 g/mol. The number of H-pyrrole nitrogens is 1. The molecule has 1 aromatic heterocycles. The number of carbonyl (C=O) groups excluding carboxylic acids is 1. The molecule has 0 fully saturated rings. The van der Waals surface area contributed by atoms with Gasteiger partial charge in [-0.2, -0.15) is 0 Å². The number of anilines is 2. The second-order valence-corrected chi connectivity index (χ2v) is 7.61. The zero-order valence-electron chi connectivity index (χ0n) is 15.6. The van der Waals surface area contributed by atoms with Crippen molar-refractivity contribution in [3.8, 4) is 0 Å². The standard InChI is InChI=1S/C19H16ClN5O4S/c1-10-13(6-3-7-14(10)25(28)29)17(26)22-15-16(21)23-19(24-18(15)27)30-9-11-4-2-5-12(20)8-11/h2-8H,9H2,1H3,(H,22,26)(H3,21,23,24,27). The molecular weight excluding hydrogens is 430 g/mol. The minimum Gasteiger partial charge on any atom is -0.382 e. The van der Waals surface area contributed by atoms with Crippen molar-refractivity contribution < 1.29 is 9.72 Å². The number of nitrogens with two attached hydrogens (primary N) is 1. The van der Waals surface area contributed by atoms with Crippen LogP contribution in [0.15, 0.2) is 52.4 Å². The number of nitro groups is 1. The van der Waals surface area contributed by atoms with Gasteiger partial charge in [-0.3, -0.25) is 24.7 Å². The molecule has 1 amide bonds. The topological polar surface area (TPSA) is 144 Å². The maximum absolute atomic E-state index is 12.6. The van der Waals surface area contributed by atoms with Gasteiger partial charge < -0.3 is 11.1 Å². The van der Waals surface area contributed by atoms with Crippen molar-refractivity contribution in [2.75, 3.05) is 11.1 Å². The average Bonchev–Trinajstić information content (AvgIpc) is 2.69. The number of nitrogens with one attached hydrogen (secondary N) is 2. The number of halogens is 1. The van der Waals surface area contributed by atoms with E-state index in [4.69, 9.17) is 17.3 Å². The van der Waals surface area contributed by atoms with Crippen LogP contribution in [0.1, 0.15) is 21.5 Å². The largest absolute Gasteiger partial charge is 0.382 e. The van der Waals surface area contributed by atoms with Gasteiger partial charge in [-0.25, -0.2) is 4.98 Å². The van der Waals surface area contributed by atoms with Gasteiger partial charge in [0.2, 0.25) is 0 Å². The van der Waals surface area contributed by atoms with E-state index in [2.05, 4.69) is 15.3 Å². The zero-order chi connectivity index (χ0) is 21.8. The molecule has 30 heavy (non-hydrogen) atoms. The Hall–Kier alpha value is -3.37. The normalized spacial score (nSPS) is 10.6. The molecule has 154 valence electrons. The summed E-state index contributed by atoms with van der Waals surface area (Å²) in [6.07, 6.45) is 0. The van der Waals surface area contributed by atoms with Gasteiger partial charge in [0.05, 0.1) is 4.92 Å². The number of aromatic amines is 1. The Morgan fingerprint density at radius 3 is 2.73 bits per heavy atom. The monoisotopic (exact) mass is 445 g/mol. The number of aromatic nitrogens is 2. The molecule has 0 bridgehead atoms. The van der Waals surface area contributed by atoms with Gasteiger partial charge in [-0.15, -0.1) is 0 Å². The minimum atomic E-state index is -0.700. The summed E-state index contributed by atoms with van der Waals surface area (Å²) in [7, 11) is 0. The molecule has 0 aliphatic carbocycles. The lowest BCUT2D eigenvalue weighted by Crippen LogP contribution is -2.23. The molecule has 1 heterocycles. The van der Waals surface area contributed by atoms with Crippen molar-refractivity contribution in [1.29, 1.82) is 0 Å². The first-order valence-electron chi connectivity index (χ1n) is 8.58. The summed E-state index contributed by atoms with van der Waals surface area (Å²) in [5.74, 6) is -0.361. The molecule has 3 aromatic rings. The Labute approximate surface area is 179 Å². The lowest BCUT2D eigenvalue weighted by Gasteiger charge is -2.10. The number of thioether (sulfide) groups is 1. The Balaban J connectivity index is 1.79. The van der Waals surface area contributed by atoms with E-state index in [0.29, 0.717) is 10.8 Å². The van der Waals surface area contributed by atoms with Crippen molar-refractivity contribution in [2.45, 2.75) is 17.8 Å². The molecule has 3 rings (SSSR count). The van der Waals surface area contributed by atoms with Gasteiger partial charge in [0.25, 0.3) is 17.2 Å². The molecule has 2 aromatic carbocycles. The van der Waals surface area contributed by atoms with Crippen LogP contribution in [0.2, 0.25) is 5.02 Å². The number of nitro benzene ring substituents is 1. The summed E-state index contributed by atoms with van der Waals surface area (Å²) in [6.45, 7) is 1.45. The molecule has 4 N–H and O–H groups in total. The van der Waals surface area contributed by atoms with Crippen LogP contribution >= 0.6 is 23.4 Å². The predicted octanol–water partition coefficient (Wildman–Crippen LogP) is 3.77. The van der Waals surface area contributed by atoms with Crippen LogP contribution in [-0.4, -0.2) is 20.8 Å². The van der Waals surface area contributed by atoms with Gasteiger partial charge in [-0.05, 0) is 30.7 Å². The first kappa shape index (κ1) is 21.3. The van der Waals surface area contributed by atoms with Crippen molar-refractivity contribution in [3.05, 3.63) is 84.6 Å². The summed E-state index contributed by atoms with van der Waals surface area (Å²) < 4.78 is 0. The highest BCUT2D eigenvalue weighted by Crippen LogP contribution is 2.24. The van der Waals surface area contributed by atoms with E-state index in [-0.39, 0.29) is 33.5 Å². The smallest absolute Gasteiger partial charge is 0.277 e. The second-order valence-electron chi connectivity index (χ2n) is 6.21. The Morgan fingerprint density at radius 1 is 1.33 bits per heavy atom. The van der Waals surface area contributed by atoms with E-state index < -0.39 is 16.4 Å². The highest BCUT2D eigenvalue weighted by Gasteiger charge is 2.20. The van der Waals surface area contributed by atoms with Gasteiger partial charge in [0, 0.05) is 28.0 Å². The molecule has 11 heteroatoms. The Bertz CT molecular complexity index is 1200. The number of hydrogen-bond acceptors (Lipinski definition) is 7. The summed E-state index contributed by atoms with van der Waals surface area (Å²) >= 11 is 7.20. The van der Waals surface area contributed by atoms with Crippen LogP contribution in [-0.2, 0) is 5.75 Å². The number of carbonyl (C=O) groups is 1. The molecule has 0 unspecified atom stereocenters. The SMILES string of the molecule is Cc1c(C(=O)Nc2c(N)nc(SCc3cccc(Cl)c3)[nH]c2=O)cccc1[N+](=O)[O-]. The molecule has 0 aliphatic rings. The minimum absolute atomic E-state index is 0.0578. The van der Waals surface area contributed by atoms with Crippen LogP contribution < -0.4 is 16.6 Å². The van der Waals surface area contributed by atoms with E-state index in [0.717, 1.165) is 5.56 Å². The van der Waals surface area contributed by atoms with Crippen molar-refractivity contribution in [3.63, 3.8) is 0 Å². The second kappa shape index (κ2) is 8.97. The lowest BCUT2D eigenvalue weighted by molar-refractivity contribution is -0.385. The van der Waals surface area contributed by atoms with Crippen LogP contribution in [0.3, 0.4) is 0 Å². The fourth-order valence-corrected chi connectivity index (χ4v) is 3.71. The Morgan fingerprint density at radius 2 is 2.07 bits per heavy atom. The number of hydrogen-bond donors (Lipinski definition) is 3. The van der Waals surface area contributed by atoms with E-state index in [1.807, 2.05) is 12.1 Å². The van der Waals surface area contributed by atoms with Crippen molar-refractivity contribution >= 4 is 46.5 Å². The third-order valence-electron chi connectivity index (χ3n) is 4.18. The van der Waals surface area contributed by atoms with Crippen LogP contribution in [0.25, 0.3) is 0 Å². The lowest BCUT2D eigenvalue weighted by atomic mass is 10.1. The van der Waals surface area contributed by atoms with Crippen LogP contribution in [0, 0.1) is 17.0 Å². The van der Waals surface area contributed by atoms with Gasteiger partial charge >= 0.3 is 0 Å². The third kappa shape index (κ3) is 4.78. The number of amides is 1. The summed E-state index contributed by atoms with van der Waals surface area (Å²) in [5, 5.41) is 14.3. The molecule has 9 nitrogen and oxygen atoms in total. The summed E-state index contributed by atoms with van der Waals surface area (Å²) in [5.41, 5.74) is 5.99. The number of nitrogens with zero attached hydrogens (tertiary/aromatic N) is 2. The van der Waals surface area contributed by atoms with Gasteiger partial charge in [-0.1, -0.05) is 41.6 Å². The van der Waals surface area contributed by atoms with Crippen molar-refractivity contribution in [1.82, 2.24) is 9.97 Å². The van der Waals surface area contributed by atoms with Gasteiger partial charge in [0.15, 0.2) is 11.0 Å². The first-order valence-corrected chi connectivity index (χ1v) is 9.95. The fraction of sp³-hybridized carbons (Fsp3) is 0.105. The van der Waals surface area contributed by atoms with E-state index in [9.17, 15) is 19.7 Å². The number of benzene rings is 2. The Kier molecular flexibility index (Phi) is 6.38. The quantitative estimate of drug-likeness (QED) is 0.226. The van der Waals surface area contributed by atoms with E-state index in [1.165, 1.54) is 36.9 Å². The molecule has 0 radical (unpaired) electrons. The fourth-order valence-electron chi connectivity index (χ4n) is 2.68. The highest BCUT2D eigenvalue weighted by molar-refractivity contribution is 7.98. The van der Waals surface area contributed by atoms with Crippen LogP contribution in [0.5, 0.6) is 0 Å². The third-order valence-corrected chi connectivity index (χ3v) is 5.35. The molecule has 0 spiro atoms. The predicted molar refractivity (Wildman–Crippen MR) is 116 cm³/mol. The molecular formula is C19H16ClN5O4S. The van der Waals surface area contributed by atoms with Crippen LogP contribution in [0.4, 0.5) is 17.2 Å². The summed E-state index contributed by atoms with van der Waals surface area (Å²) in [4.78, 5) is 42.1. The molecule has 0 saturated carbocycles. The maximum Gasteiger partial charge on any atom is 0.277 e. The van der Waals surface area contributed by atoms with E-state index in [1.54, 1.807) is 12.1 Å². The number of nitrogen functional groups attached to an aromatic ring is 1. The first-order chi connectivity index (χ1) is 14.3. The van der Waals surface area contributed by atoms with E-state index >= 15 is 0 Å². The van der Waals surface area contributed by atoms with Gasteiger partial charge in [0.1, 0.15) is 5.69 Å².